The summed E-state index contributed by atoms with van der Waals surface area (Å²) in [5, 5.41) is 1.82. The number of fused-ring (bicyclic) bond motifs is 1. The van der Waals surface area contributed by atoms with Gasteiger partial charge in [0.2, 0.25) is 0 Å². The number of hydrogen-bond acceptors (Lipinski definition) is 6. The number of aromatic nitrogens is 2. The van der Waals surface area contributed by atoms with E-state index in [1.54, 1.807) is 11.6 Å². The molecule has 1 unspecified atom stereocenters. The quantitative estimate of drug-likeness (QED) is 0.844. The van der Waals surface area contributed by atoms with Crippen molar-refractivity contribution in [1.29, 1.82) is 0 Å². The van der Waals surface area contributed by atoms with E-state index in [1.165, 1.54) is 28.6 Å². The Morgan fingerprint density at radius 1 is 1.48 bits per heavy atom. The fourth-order valence-corrected chi connectivity index (χ4v) is 4.98. The minimum Gasteiger partial charge on any atom is -0.381 e. The molecule has 1 aliphatic heterocycles. The third kappa shape index (κ3) is 2.91. The highest BCUT2D eigenvalue weighted by Crippen LogP contribution is 2.23. The predicted molar refractivity (Wildman–Crippen MR) is 82.9 cm³/mol. The number of hydrogen-bond donors (Lipinski definition) is 2. The first-order chi connectivity index (χ1) is 9.97. The van der Waals surface area contributed by atoms with Gasteiger partial charge < -0.3 is 10.6 Å². The van der Waals surface area contributed by atoms with Crippen LogP contribution >= 0.6 is 11.3 Å². The summed E-state index contributed by atoms with van der Waals surface area (Å²) in [6.45, 7) is 4.66. The van der Waals surface area contributed by atoms with Crippen LogP contribution in [-0.4, -0.2) is 48.4 Å². The van der Waals surface area contributed by atoms with Gasteiger partial charge in [0.15, 0.2) is 15.8 Å². The van der Waals surface area contributed by atoms with Crippen LogP contribution in [0.2, 0.25) is 0 Å². The lowest BCUT2D eigenvalue weighted by Crippen LogP contribution is -2.41. The highest BCUT2D eigenvalue weighted by atomic mass is 32.2. The number of nitrogens with one attached hydrogen (secondary N) is 1. The molecule has 0 radical (unpaired) electrons. The largest absolute Gasteiger partial charge is 0.381 e. The Kier molecular flexibility index (Phi) is 3.91. The molecule has 7 nitrogen and oxygen atoms in total. The SMILES string of the molecule is CC(CN1CCCC1)NS(=O)(=O)c1c(N)nc2sccn12. The van der Waals surface area contributed by atoms with E-state index >= 15 is 0 Å². The smallest absolute Gasteiger partial charge is 0.260 e. The standard InChI is InChI=1S/C12H19N5O2S2/c1-9(8-16-4-2-3-5-16)15-21(18,19)11-10(13)14-12-17(11)6-7-20-12/h6-7,9,15H,2-5,8,13H2,1H3. The second kappa shape index (κ2) is 5.56. The lowest BCUT2D eigenvalue weighted by molar-refractivity contribution is 0.312. The van der Waals surface area contributed by atoms with Crippen molar-refractivity contribution in [1.82, 2.24) is 19.0 Å². The third-order valence-electron chi connectivity index (χ3n) is 3.59. The zero-order valence-electron chi connectivity index (χ0n) is 11.8. The molecule has 0 amide bonds. The zero-order chi connectivity index (χ0) is 15.0. The van der Waals surface area contributed by atoms with Crippen LogP contribution in [0.25, 0.3) is 4.96 Å². The molecule has 3 N–H and O–H groups in total. The average molecular weight is 329 g/mol. The maximum Gasteiger partial charge on any atom is 0.260 e. The predicted octanol–water partition coefficient (Wildman–Crippen LogP) is 0.741. The van der Waals surface area contributed by atoms with Crippen LogP contribution in [0.3, 0.4) is 0 Å². The Morgan fingerprint density at radius 3 is 2.90 bits per heavy atom. The van der Waals surface area contributed by atoms with Gasteiger partial charge in [0.1, 0.15) is 0 Å². The average Bonchev–Trinajstić information content (AvgIpc) is 3.04. The molecule has 1 saturated heterocycles. The number of nitrogens with two attached hydrogens (primary N) is 1. The molecule has 2 aromatic heterocycles. The molecule has 3 rings (SSSR count). The number of imidazole rings is 1. The van der Waals surface area contributed by atoms with E-state index in [-0.39, 0.29) is 16.9 Å². The topological polar surface area (TPSA) is 92.7 Å². The number of likely N-dealkylation sites (tertiary alicyclic amines) is 1. The van der Waals surface area contributed by atoms with Crippen molar-refractivity contribution < 1.29 is 8.42 Å². The number of thiazole rings is 1. The third-order valence-corrected chi connectivity index (χ3v) is 5.97. The van der Waals surface area contributed by atoms with Crippen LogP contribution in [0, 0.1) is 0 Å². The lowest BCUT2D eigenvalue weighted by Gasteiger charge is -2.21. The number of nitrogens with zero attached hydrogens (tertiary/aromatic N) is 3. The van der Waals surface area contributed by atoms with Crippen LogP contribution < -0.4 is 10.5 Å². The molecule has 0 spiro atoms. The van der Waals surface area contributed by atoms with Gasteiger partial charge in [0, 0.05) is 24.2 Å². The number of nitrogen functional groups attached to an aromatic ring is 1. The summed E-state index contributed by atoms with van der Waals surface area (Å²) in [4.78, 5) is 6.93. The second-order valence-electron chi connectivity index (χ2n) is 5.39. The van der Waals surface area contributed by atoms with Gasteiger partial charge >= 0.3 is 0 Å². The first kappa shape index (κ1) is 14.8. The number of rotatable bonds is 5. The summed E-state index contributed by atoms with van der Waals surface area (Å²) in [5.74, 6) is 0.0442. The molecule has 21 heavy (non-hydrogen) atoms. The summed E-state index contributed by atoms with van der Waals surface area (Å²) < 4.78 is 29.3. The van der Waals surface area contributed by atoms with Crippen LogP contribution in [0.4, 0.5) is 5.82 Å². The van der Waals surface area contributed by atoms with E-state index in [4.69, 9.17) is 5.73 Å². The number of anilines is 1. The maximum absolute atomic E-state index is 12.5. The Hall–Kier alpha value is -1.16. The van der Waals surface area contributed by atoms with Crippen molar-refractivity contribution in [3.05, 3.63) is 11.6 Å². The Bertz CT molecular complexity index is 730. The van der Waals surface area contributed by atoms with Crippen molar-refractivity contribution in [2.24, 2.45) is 0 Å². The Labute approximate surface area is 127 Å². The summed E-state index contributed by atoms with van der Waals surface area (Å²) in [7, 11) is -3.68. The molecule has 2 aromatic rings. The van der Waals surface area contributed by atoms with E-state index < -0.39 is 10.0 Å². The van der Waals surface area contributed by atoms with Crippen molar-refractivity contribution in [3.63, 3.8) is 0 Å². The lowest BCUT2D eigenvalue weighted by atomic mass is 10.3. The van der Waals surface area contributed by atoms with Gasteiger partial charge in [-0.3, -0.25) is 4.40 Å². The molecule has 0 aromatic carbocycles. The molecule has 0 saturated carbocycles. The van der Waals surface area contributed by atoms with Crippen LogP contribution in [0.5, 0.6) is 0 Å². The molecule has 116 valence electrons. The number of sulfonamides is 1. The van der Waals surface area contributed by atoms with Gasteiger partial charge in [0.05, 0.1) is 0 Å². The highest BCUT2D eigenvalue weighted by molar-refractivity contribution is 7.89. The Balaban J connectivity index is 1.79. The minimum absolute atomic E-state index is 0.0343. The van der Waals surface area contributed by atoms with Gasteiger partial charge in [-0.1, -0.05) is 0 Å². The first-order valence-corrected chi connectivity index (χ1v) is 9.29. The fraction of sp³-hybridized carbons (Fsp3) is 0.583. The van der Waals surface area contributed by atoms with Gasteiger partial charge in [-0.2, -0.15) is 0 Å². The van der Waals surface area contributed by atoms with Gasteiger partial charge in [0.25, 0.3) is 10.0 Å². The molecule has 1 aliphatic rings. The normalized spacial score (nSPS) is 18.5. The molecular formula is C12H19N5O2S2. The van der Waals surface area contributed by atoms with Crippen LogP contribution in [0.1, 0.15) is 19.8 Å². The van der Waals surface area contributed by atoms with Crippen LogP contribution in [0.15, 0.2) is 16.6 Å². The Morgan fingerprint density at radius 2 is 2.19 bits per heavy atom. The van der Waals surface area contributed by atoms with Crippen molar-refractivity contribution in [2.45, 2.75) is 30.8 Å². The molecular weight excluding hydrogens is 310 g/mol. The van der Waals surface area contributed by atoms with Crippen molar-refractivity contribution in [3.8, 4) is 0 Å². The summed E-state index contributed by atoms with van der Waals surface area (Å²) in [6, 6.07) is -0.170. The van der Waals surface area contributed by atoms with E-state index in [9.17, 15) is 8.42 Å². The molecule has 9 heteroatoms. The van der Waals surface area contributed by atoms with E-state index in [0.29, 0.717) is 11.5 Å². The van der Waals surface area contributed by atoms with E-state index in [0.717, 1.165) is 13.1 Å². The summed E-state index contributed by atoms with van der Waals surface area (Å²) in [5.41, 5.74) is 5.77. The monoisotopic (exact) mass is 329 g/mol. The summed E-state index contributed by atoms with van der Waals surface area (Å²) in [6.07, 6.45) is 4.04. The van der Waals surface area contributed by atoms with Crippen LogP contribution in [-0.2, 0) is 10.0 Å². The molecule has 0 aliphatic carbocycles. The van der Waals surface area contributed by atoms with E-state index in [2.05, 4.69) is 14.6 Å². The zero-order valence-corrected chi connectivity index (χ0v) is 13.5. The summed E-state index contributed by atoms with van der Waals surface area (Å²) >= 11 is 1.35. The van der Waals surface area contributed by atoms with Gasteiger partial charge in [-0.25, -0.2) is 18.1 Å². The first-order valence-electron chi connectivity index (χ1n) is 6.93. The maximum atomic E-state index is 12.5. The van der Waals surface area contributed by atoms with Crippen molar-refractivity contribution >= 4 is 32.1 Å². The van der Waals surface area contributed by atoms with Crippen molar-refractivity contribution in [2.75, 3.05) is 25.4 Å². The molecule has 1 fully saturated rings. The van der Waals surface area contributed by atoms with E-state index in [1.807, 2.05) is 6.92 Å². The van der Waals surface area contributed by atoms with Gasteiger partial charge in [-0.15, -0.1) is 11.3 Å². The molecule has 1 atom stereocenters. The molecule has 3 heterocycles. The second-order valence-corrected chi connectivity index (χ2v) is 7.89. The minimum atomic E-state index is -3.68. The molecule has 0 bridgehead atoms. The van der Waals surface area contributed by atoms with Gasteiger partial charge in [-0.05, 0) is 32.9 Å². The highest BCUT2D eigenvalue weighted by Gasteiger charge is 2.27. The fourth-order valence-electron chi connectivity index (χ4n) is 2.76.